The third kappa shape index (κ3) is 4.10. The van der Waals surface area contributed by atoms with Gasteiger partial charge < -0.3 is 4.90 Å². The van der Waals surface area contributed by atoms with Crippen molar-refractivity contribution in [3.05, 3.63) is 93.2 Å². The lowest BCUT2D eigenvalue weighted by molar-refractivity contribution is 0.393. The van der Waals surface area contributed by atoms with Crippen LogP contribution in [0.2, 0.25) is 5.02 Å². The summed E-state index contributed by atoms with van der Waals surface area (Å²) in [6, 6.07) is 17.8. The van der Waals surface area contributed by atoms with Crippen LogP contribution in [0, 0.1) is 5.95 Å². The van der Waals surface area contributed by atoms with Gasteiger partial charge in [-0.05, 0) is 50.0 Å². The second-order valence-corrected chi connectivity index (χ2v) is 7.80. The topological polar surface area (TPSA) is 51.0 Å². The van der Waals surface area contributed by atoms with Crippen LogP contribution in [0.3, 0.4) is 0 Å². The Labute approximate surface area is 178 Å². The maximum absolute atomic E-state index is 14.9. The van der Waals surface area contributed by atoms with Crippen molar-refractivity contribution >= 4 is 22.4 Å². The van der Waals surface area contributed by atoms with Gasteiger partial charge in [0.15, 0.2) is 0 Å². The average Bonchev–Trinajstić information content (AvgIpc) is 2.72. The molecule has 4 rings (SSSR count). The van der Waals surface area contributed by atoms with Gasteiger partial charge in [-0.1, -0.05) is 41.9 Å². The third-order valence-electron chi connectivity index (χ3n) is 4.75. The molecular formula is C23H20ClFN4O. The maximum Gasteiger partial charge on any atom is 0.274 e. The standard InChI is InChI=1S/C23H20ClFN4O/c1-28(2)14-17-11-12-20(22(25)26-17)21-18-5-3-4-6-19(18)23(30)29(27-21)13-15-7-9-16(24)10-8-15/h3-12H,13-14H2,1-2H3. The molecule has 0 saturated heterocycles. The van der Waals surface area contributed by atoms with Crippen molar-refractivity contribution in [2.24, 2.45) is 0 Å². The van der Waals surface area contributed by atoms with Gasteiger partial charge in [0, 0.05) is 17.0 Å². The average molecular weight is 423 g/mol. The highest BCUT2D eigenvalue weighted by Gasteiger charge is 2.17. The Hall–Kier alpha value is -3.09. The van der Waals surface area contributed by atoms with Crippen LogP contribution in [-0.4, -0.2) is 33.8 Å². The Bertz CT molecular complexity index is 1270. The molecule has 30 heavy (non-hydrogen) atoms. The summed E-state index contributed by atoms with van der Waals surface area (Å²) >= 11 is 5.96. The number of fused-ring (bicyclic) bond motifs is 1. The van der Waals surface area contributed by atoms with E-state index in [0.717, 1.165) is 5.56 Å². The molecule has 2 heterocycles. The van der Waals surface area contributed by atoms with Crippen LogP contribution in [0.1, 0.15) is 11.3 Å². The zero-order chi connectivity index (χ0) is 21.3. The molecule has 0 unspecified atom stereocenters. The van der Waals surface area contributed by atoms with Crippen LogP contribution in [0.4, 0.5) is 4.39 Å². The number of benzene rings is 2. The van der Waals surface area contributed by atoms with E-state index in [-0.39, 0.29) is 17.7 Å². The number of halogens is 2. The summed E-state index contributed by atoms with van der Waals surface area (Å²) in [5, 5.41) is 6.21. The molecule has 0 aliphatic carbocycles. The molecule has 0 bridgehead atoms. The predicted molar refractivity (Wildman–Crippen MR) is 117 cm³/mol. The Kier molecular flexibility index (Phi) is 5.61. The van der Waals surface area contributed by atoms with Crippen LogP contribution in [0.15, 0.2) is 65.5 Å². The van der Waals surface area contributed by atoms with E-state index < -0.39 is 5.95 Å². The highest BCUT2D eigenvalue weighted by atomic mass is 35.5. The third-order valence-corrected chi connectivity index (χ3v) is 5.01. The summed E-state index contributed by atoms with van der Waals surface area (Å²) in [4.78, 5) is 19.0. The molecule has 0 spiro atoms. The van der Waals surface area contributed by atoms with E-state index in [0.29, 0.717) is 33.7 Å². The van der Waals surface area contributed by atoms with Gasteiger partial charge >= 0.3 is 0 Å². The zero-order valence-electron chi connectivity index (χ0n) is 16.6. The number of hydrogen-bond acceptors (Lipinski definition) is 4. The first-order valence-electron chi connectivity index (χ1n) is 9.47. The SMILES string of the molecule is CN(C)Cc1ccc(-c2nn(Cc3ccc(Cl)cc3)c(=O)c3ccccc23)c(F)n1. The van der Waals surface area contributed by atoms with Gasteiger partial charge in [-0.15, -0.1) is 0 Å². The van der Waals surface area contributed by atoms with E-state index in [1.54, 1.807) is 42.5 Å². The van der Waals surface area contributed by atoms with Crippen LogP contribution in [0.5, 0.6) is 0 Å². The van der Waals surface area contributed by atoms with Crippen LogP contribution in [-0.2, 0) is 13.1 Å². The Balaban J connectivity index is 1.86. The lowest BCUT2D eigenvalue weighted by Gasteiger charge is -2.13. The van der Waals surface area contributed by atoms with Gasteiger partial charge in [-0.2, -0.15) is 9.49 Å². The highest BCUT2D eigenvalue weighted by Crippen LogP contribution is 2.27. The molecule has 0 atom stereocenters. The van der Waals surface area contributed by atoms with Crippen LogP contribution >= 0.6 is 11.6 Å². The Morgan fingerprint density at radius 1 is 1.00 bits per heavy atom. The zero-order valence-corrected chi connectivity index (χ0v) is 17.4. The first kappa shape index (κ1) is 20.2. The summed E-state index contributed by atoms with van der Waals surface area (Å²) < 4.78 is 16.3. The minimum absolute atomic E-state index is 0.234. The predicted octanol–water partition coefficient (Wildman–Crippen LogP) is 4.36. The normalized spacial score (nSPS) is 11.4. The molecule has 7 heteroatoms. The number of aromatic nitrogens is 3. The molecule has 0 aliphatic heterocycles. The molecule has 152 valence electrons. The monoisotopic (exact) mass is 422 g/mol. The summed E-state index contributed by atoms with van der Waals surface area (Å²) in [7, 11) is 3.80. The van der Waals surface area contributed by atoms with Gasteiger partial charge in [0.05, 0.1) is 23.2 Å². The smallest absolute Gasteiger partial charge is 0.274 e. The minimum atomic E-state index is -0.608. The van der Waals surface area contributed by atoms with Crippen molar-refractivity contribution in [3.8, 4) is 11.3 Å². The first-order valence-corrected chi connectivity index (χ1v) is 9.85. The largest absolute Gasteiger partial charge is 0.304 e. The second-order valence-electron chi connectivity index (χ2n) is 7.36. The molecule has 4 aromatic rings. The van der Waals surface area contributed by atoms with Crippen molar-refractivity contribution in [1.29, 1.82) is 0 Å². The van der Waals surface area contributed by atoms with Crippen LogP contribution in [0.25, 0.3) is 22.0 Å². The van der Waals surface area contributed by atoms with Gasteiger partial charge in [0.1, 0.15) is 5.69 Å². The van der Waals surface area contributed by atoms with Gasteiger partial charge in [-0.3, -0.25) is 4.79 Å². The van der Waals surface area contributed by atoms with Crippen molar-refractivity contribution in [1.82, 2.24) is 19.7 Å². The second kappa shape index (κ2) is 8.34. The van der Waals surface area contributed by atoms with Crippen molar-refractivity contribution < 1.29 is 4.39 Å². The fourth-order valence-corrected chi connectivity index (χ4v) is 3.49. The van der Waals surface area contributed by atoms with Gasteiger partial charge in [-0.25, -0.2) is 9.67 Å². The fourth-order valence-electron chi connectivity index (χ4n) is 3.36. The molecular weight excluding hydrogens is 403 g/mol. The van der Waals surface area contributed by atoms with E-state index in [2.05, 4.69) is 10.1 Å². The van der Waals surface area contributed by atoms with Crippen LogP contribution < -0.4 is 5.56 Å². The van der Waals surface area contributed by atoms with E-state index in [4.69, 9.17) is 11.6 Å². The maximum atomic E-state index is 14.9. The van der Waals surface area contributed by atoms with E-state index in [9.17, 15) is 9.18 Å². The highest BCUT2D eigenvalue weighted by molar-refractivity contribution is 6.30. The molecule has 0 fully saturated rings. The molecule has 0 N–H and O–H groups in total. The molecule has 2 aromatic carbocycles. The number of pyridine rings is 1. The quantitative estimate of drug-likeness (QED) is 0.448. The summed E-state index contributed by atoms with van der Waals surface area (Å²) in [6.45, 7) is 0.781. The Morgan fingerprint density at radius 2 is 1.70 bits per heavy atom. The van der Waals surface area contributed by atoms with Crippen molar-refractivity contribution in [3.63, 3.8) is 0 Å². The molecule has 5 nitrogen and oxygen atoms in total. The molecule has 0 radical (unpaired) electrons. The Morgan fingerprint density at radius 3 is 2.37 bits per heavy atom. The van der Waals surface area contributed by atoms with Gasteiger partial charge in [0.2, 0.25) is 5.95 Å². The minimum Gasteiger partial charge on any atom is -0.304 e. The number of hydrogen-bond donors (Lipinski definition) is 0. The van der Waals surface area contributed by atoms with E-state index in [1.165, 1.54) is 4.68 Å². The lowest BCUT2D eigenvalue weighted by Crippen LogP contribution is -2.24. The van der Waals surface area contributed by atoms with Gasteiger partial charge in [0.25, 0.3) is 5.56 Å². The first-order chi connectivity index (χ1) is 14.4. The lowest BCUT2D eigenvalue weighted by atomic mass is 10.1. The molecule has 2 aromatic heterocycles. The molecule has 0 amide bonds. The van der Waals surface area contributed by atoms with E-state index in [1.807, 2.05) is 37.2 Å². The fraction of sp³-hybridized carbons (Fsp3) is 0.174. The summed E-state index contributed by atoms with van der Waals surface area (Å²) in [5.74, 6) is -0.608. The molecule has 0 saturated carbocycles. The molecule has 0 aliphatic rings. The van der Waals surface area contributed by atoms with Crippen molar-refractivity contribution in [2.45, 2.75) is 13.1 Å². The van der Waals surface area contributed by atoms with Crippen molar-refractivity contribution in [2.75, 3.05) is 14.1 Å². The van der Waals surface area contributed by atoms with E-state index >= 15 is 0 Å². The number of rotatable bonds is 5. The summed E-state index contributed by atoms with van der Waals surface area (Å²) in [5.41, 5.74) is 1.91. The number of nitrogens with zero attached hydrogens (tertiary/aromatic N) is 4. The summed E-state index contributed by atoms with van der Waals surface area (Å²) in [6.07, 6.45) is 0.